The number of nitrogens with one attached hydrogen (secondary N) is 1. The standard InChI is InChI=1S/C13H13FN6OS2/c1-7(2)20-13(17-18-19-20)22-6-11(21)16-12-15-9-4-3-8(14)5-10(9)23-12/h3-5,7H,6H2,1-2H3,(H,15,16,21). The van der Waals surface area contributed by atoms with E-state index in [1.165, 1.54) is 35.2 Å². The number of amides is 1. The van der Waals surface area contributed by atoms with Crippen molar-refractivity contribution in [1.82, 2.24) is 25.2 Å². The van der Waals surface area contributed by atoms with Gasteiger partial charge in [-0.2, -0.15) is 0 Å². The van der Waals surface area contributed by atoms with Crippen LogP contribution in [0.5, 0.6) is 0 Å². The van der Waals surface area contributed by atoms with Crippen molar-refractivity contribution in [3.05, 3.63) is 24.0 Å². The smallest absolute Gasteiger partial charge is 0.236 e. The third-order valence-corrected chi connectivity index (χ3v) is 4.75. The number of thioether (sulfide) groups is 1. The molecule has 3 rings (SSSR count). The van der Waals surface area contributed by atoms with Crippen LogP contribution in [0.1, 0.15) is 19.9 Å². The van der Waals surface area contributed by atoms with E-state index >= 15 is 0 Å². The summed E-state index contributed by atoms with van der Waals surface area (Å²) in [4.78, 5) is 16.3. The molecule has 0 aliphatic heterocycles. The van der Waals surface area contributed by atoms with Crippen LogP contribution in [0, 0.1) is 5.82 Å². The number of carbonyl (C=O) groups excluding carboxylic acids is 1. The molecule has 2 heterocycles. The molecule has 0 bridgehead atoms. The molecule has 0 saturated carbocycles. The lowest BCUT2D eigenvalue weighted by Gasteiger charge is -2.06. The lowest BCUT2D eigenvalue weighted by Crippen LogP contribution is -2.14. The summed E-state index contributed by atoms with van der Waals surface area (Å²) in [6, 6.07) is 4.45. The fourth-order valence-electron chi connectivity index (χ4n) is 1.84. The van der Waals surface area contributed by atoms with Gasteiger partial charge in [0, 0.05) is 0 Å². The number of anilines is 1. The van der Waals surface area contributed by atoms with Crippen LogP contribution >= 0.6 is 23.1 Å². The highest BCUT2D eigenvalue weighted by atomic mass is 32.2. The number of rotatable bonds is 5. The van der Waals surface area contributed by atoms with Crippen molar-refractivity contribution in [2.24, 2.45) is 0 Å². The maximum absolute atomic E-state index is 13.2. The van der Waals surface area contributed by atoms with Crippen LogP contribution in [-0.2, 0) is 4.79 Å². The molecule has 23 heavy (non-hydrogen) atoms. The number of benzene rings is 1. The Morgan fingerprint density at radius 1 is 1.48 bits per heavy atom. The number of halogens is 1. The third kappa shape index (κ3) is 3.64. The minimum absolute atomic E-state index is 0.120. The third-order valence-electron chi connectivity index (χ3n) is 2.88. The van der Waals surface area contributed by atoms with E-state index in [0.717, 1.165) is 0 Å². The largest absolute Gasteiger partial charge is 0.301 e. The SMILES string of the molecule is CC(C)n1nnnc1SCC(=O)Nc1nc2ccc(F)cc2s1. The van der Waals surface area contributed by atoms with E-state index in [1.54, 1.807) is 10.7 Å². The van der Waals surface area contributed by atoms with Gasteiger partial charge in [0.15, 0.2) is 5.13 Å². The van der Waals surface area contributed by atoms with Gasteiger partial charge >= 0.3 is 0 Å². The molecule has 1 aromatic carbocycles. The quantitative estimate of drug-likeness (QED) is 0.711. The zero-order valence-electron chi connectivity index (χ0n) is 12.4. The second-order valence-electron chi connectivity index (χ2n) is 4.97. The molecule has 7 nitrogen and oxygen atoms in total. The van der Waals surface area contributed by atoms with Gasteiger partial charge in [0.25, 0.3) is 0 Å². The van der Waals surface area contributed by atoms with Crippen molar-refractivity contribution >= 4 is 44.4 Å². The van der Waals surface area contributed by atoms with Crippen LogP contribution in [-0.4, -0.2) is 36.9 Å². The Morgan fingerprint density at radius 2 is 2.30 bits per heavy atom. The normalized spacial score (nSPS) is 11.3. The highest BCUT2D eigenvalue weighted by molar-refractivity contribution is 7.99. The van der Waals surface area contributed by atoms with Crippen molar-refractivity contribution in [3.8, 4) is 0 Å². The Balaban J connectivity index is 1.63. The van der Waals surface area contributed by atoms with Crippen LogP contribution in [0.3, 0.4) is 0 Å². The van der Waals surface area contributed by atoms with Gasteiger partial charge in [0.1, 0.15) is 5.82 Å². The van der Waals surface area contributed by atoms with E-state index < -0.39 is 0 Å². The molecule has 0 unspecified atom stereocenters. The van der Waals surface area contributed by atoms with Gasteiger partial charge in [-0.15, -0.1) is 5.10 Å². The van der Waals surface area contributed by atoms with Crippen LogP contribution in [0.4, 0.5) is 9.52 Å². The molecule has 0 atom stereocenters. The van der Waals surface area contributed by atoms with Gasteiger partial charge in [-0.05, 0) is 42.5 Å². The van der Waals surface area contributed by atoms with Gasteiger partial charge in [0.2, 0.25) is 11.1 Å². The number of tetrazole rings is 1. The second-order valence-corrected chi connectivity index (χ2v) is 6.94. The minimum atomic E-state index is -0.324. The second kappa shape index (κ2) is 6.59. The van der Waals surface area contributed by atoms with E-state index in [-0.39, 0.29) is 23.5 Å². The number of aromatic nitrogens is 5. The predicted molar refractivity (Wildman–Crippen MR) is 87.1 cm³/mol. The molecule has 0 saturated heterocycles. The Morgan fingerprint density at radius 3 is 3.09 bits per heavy atom. The maximum atomic E-state index is 13.2. The fraction of sp³-hybridized carbons (Fsp3) is 0.308. The van der Waals surface area contributed by atoms with Gasteiger partial charge in [-0.3, -0.25) is 4.79 Å². The summed E-state index contributed by atoms with van der Waals surface area (Å²) in [6.45, 7) is 3.92. The van der Waals surface area contributed by atoms with E-state index in [4.69, 9.17) is 0 Å². The monoisotopic (exact) mass is 352 g/mol. The van der Waals surface area contributed by atoms with Gasteiger partial charge in [0.05, 0.1) is 22.0 Å². The van der Waals surface area contributed by atoms with Crippen LogP contribution < -0.4 is 5.32 Å². The summed E-state index contributed by atoms with van der Waals surface area (Å²) >= 11 is 2.48. The number of fused-ring (bicyclic) bond motifs is 1. The first-order chi connectivity index (χ1) is 11.0. The summed E-state index contributed by atoms with van der Waals surface area (Å²) in [6.07, 6.45) is 0. The number of carbonyl (C=O) groups is 1. The number of hydrogen-bond acceptors (Lipinski definition) is 7. The van der Waals surface area contributed by atoms with E-state index in [1.807, 2.05) is 13.8 Å². The number of thiazole rings is 1. The lowest BCUT2D eigenvalue weighted by molar-refractivity contribution is -0.113. The Kier molecular flexibility index (Phi) is 4.53. The molecule has 120 valence electrons. The molecule has 2 aromatic heterocycles. The summed E-state index contributed by atoms with van der Waals surface area (Å²) in [5.41, 5.74) is 0.656. The highest BCUT2D eigenvalue weighted by Crippen LogP contribution is 2.26. The van der Waals surface area contributed by atoms with E-state index in [0.29, 0.717) is 20.5 Å². The summed E-state index contributed by atoms with van der Waals surface area (Å²) < 4.78 is 15.5. The zero-order valence-corrected chi connectivity index (χ0v) is 14.0. The molecule has 10 heteroatoms. The van der Waals surface area contributed by atoms with Crippen molar-refractivity contribution < 1.29 is 9.18 Å². The topological polar surface area (TPSA) is 85.6 Å². The average molecular weight is 352 g/mol. The Hall–Kier alpha value is -2.07. The first kappa shape index (κ1) is 15.8. The Bertz CT molecular complexity index is 846. The number of hydrogen-bond donors (Lipinski definition) is 1. The molecule has 0 aliphatic rings. The van der Waals surface area contributed by atoms with Crippen molar-refractivity contribution in [1.29, 1.82) is 0 Å². The fourth-order valence-corrected chi connectivity index (χ4v) is 3.56. The first-order valence-electron chi connectivity index (χ1n) is 6.79. The van der Waals surface area contributed by atoms with Crippen LogP contribution in [0.15, 0.2) is 23.4 Å². The highest BCUT2D eigenvalue weighted by Gasteiger charge is 2.13. The van der Waals surface area contributed by atoms with Crippen molar-refractivity contribution in [2.75, 3.05) is 11.1 Å². The summed E-state index contributed by atoms with van der Waals surface area (Å²) in [5.74, 6) is -0.375. The van der Waals surface area contributed by atoms with Gasteiger partial charge < -0.3 is 5.32 Å². The van der Waals surface area contributed by atoms with Crippen LogP contribution in [0.2, 0.25) is 0 Å². The number of nitrogens with zero attached hydrogens (tertiary/aromatic N) is 5. The zero-order chi connectivity index (χ0) is 16.4. The Labute approximate surface area is 139 Å². The molecule has 0 aliphatic carbocycles. The predicted octanol–water partition coefficient (Wildman–Crippen LogP) is 2.73. The molecule has 0 radical (unpaired) electrons. The molecular formula is C13H13FN6OS2. The van der Waals surface area contributed by atoms with E-state index in [2.05, 4.69) is 25.8 Å². The average Bonchev–Trinajstić information content (AvgIpc) is 3.10. The lowest BCUT2D eigenvalue weighted by atomic mass is 10.3. The molecule has 0 fully saturated rings. The molecular weight excluding hydrogens is 339 g/mol. The first-order valence-corrected chi connectivity index (χ1v) is 8.60. The maximum Gasteiger partial charge on any atom is 0.236 e. The van der Waals surface area contributed by atoms with Crippen molar-refractivity contribution in [3.63, 3.8) is 0 Å². The molecule has 0 spiro atoms. The summed E-state index contributed by atoms with van der Waals surface area (Å²) in [5, 5.41) is 15.1. The van der Waals surface area contributed by atoms with Crippen LogP contribution in [0.25, 0.3) is 10.2 Å². The minimum Gasteiger partial charge on any atom is -0.301 e. The van der Waals surface area contributed by atoms with Gasteiger partial charge in [-0.1, -0.05) is 23.1 Å². The van der Waals surface area contributed by atoms with Gasteiger partial charge in [-0.25, -0.2) is 14.1 Å². The van der Waals surface area contributed by atoms with Crippen molar-refractivity contribution in [2.45, 2.75) is 25.0 Å². The van der Waals surface area contributed by atoms with E-state index in [9.17, 15) is 9.18 Å². The molecule has 1 N–H and O–H groups in total. The molecule has 3 aromatic rings. The molecule has 1 amide bonds. The summed E-state index contributed by atoms with van der Waals surface area (Å²) in [7, 11) is 0.